The van der Waals surface area contributed by atoms with Gasteiger partial charge in [-0.05, 0) is 32.6 Å². The Kier molecular flexibility index (Phi) is 3.44. The molecule has 2 unspecified atom stereocenters. The first-order valence-electron chi connectivity index (χ1n) is 6.10. The summed E-state index contributed by atoms with van der Waals surface area (Å²) in [7, 11) is 2.04. The highest BCUT2D eigenvalue weighted by atomic mass is 15.3. The lowest BCUT2D eigenvalue weighted by molar-refractivity contribution is 0.406. The third kappa shape index (κ3) is 2.19. The average molecular weight is 219 g/mol. The van der Waals surface area contributed by atoms with Crippen LogP contribution < -0.4 is 5.32 Å². The van der Waals surface area contributed by atoms with Gasteiger partial charge in [0.15, 0.2) is 0 Å². The fraction of sp³-hybridized carbons (Fsp3) is 0.615. The Morgan fingerprint density at radius 1 is 1.75 bits per heavy atom. The highest BCUT2D eigenvalue weighted by molar-refractivity contribution is 5.24. The average Bonchev–Trinajstić information content (AvgIpc) is 2.62. The lowest BCUT2D eigenvalue weighted by Crippen LogP contribution is -2.32. The Labute approximate surface area is 97.5 Å². The maximum atomic E-state index is 4.36. The second-order valence-electron chi connectivity index (χ2n) is 4.71. The molecular weight excluding hydrogens is 198 g/mol. The van der Waals surface area contributed by atoms with Crippen molar-refractivity contribution in [1.29, 1.82) is 0 Å². The molecule has 0 fully saturated rings. The fourth-order valence-electron chi connectivity index (χ4n) is 2.54. The molecule has 2 rings (SSSR count). The molecule has 0 amide bonds. The van der Waals surface area contributed by atoms with Gasteiger partial charge >= 0.3 is 0 Å². The third-order valence-electron chi connectivity index (χ3n) is 3.38. The number of aryl methyl sites for hydroxylation is 1. The summed E-state index contributed by atoms with van der Waals surface area (Å²) in [6.45, 7) is 6.00. The number of aromatic nitrogens is 2. The highest BCUT2D eigenvalue weighted by Crippen LogP contribution is 2.29. The molecule has 1 aliphatic rings. The summed E-state index contributed by atoms with van der Waals surface area (Å²) in [5.74, 6) is 0. The normalized spacial score (nSPS) is 21.5. The van der Waals surface area contributed by atoms with E-state index in [1.807, 2.05) is 24.0 Å². The molecule has 0 saturated heterocycles. The van der Waals surface area contributed by atoms with Gasteiger partial charge in [-0.3, -0.25) is 4.68 Å². The van der Waals surface area contributed by atoms with Crippen molar-refractivity contribution in [2.45, 2.75) is 44.7 Å². The van der Waals surface area contributed by atoms with E-state index in [0.717, 1.165) is 6.42 Å². The molecule has 0 bridgehead atoms. The molecule has 88 valence electrons. The molecular formula is C13H21N3. The number of hydrogen-bond donors (Lipinski definition) is 1. The molecule has 0 spiro atoms. The van der Waals surface area contributed by atoms with Crippen LogP contribution >= 0.6 is 0 Å². The molecule has 1 aliphatic carbocycles. The van der Waals surface area contributed by atoms with Crippen LogP contribution in [0.15, 0.2) is 18.9 Å². The van der Waals surface area contributed by atoms with Gasteiger partial charge in [-0.15, -0.1) is 6.58 Å². The van der Waals surface area contributed by atoms with E-state index in [9.17, 15) is 0 Å². The van der Waals surface area contributed by atoms with Crippen molar-refractivity contribution in [3.63, 3.8) is 0 Å². The van der Waals surface area contributed by atoms with Crippen LogP contribution in [-0.4, -0.2) is 15.8 Å². The van der Waals surface area contributed by atoms with Crippen LogP contribution in [0.1, 0.15) is 43.5 Å². The van der Waals surface area contributed by atoms with Gasteiger partial charge < -0.3 is 5.32 Å². The maximum Gasteiger partial charge on any atom is 0.0540 e. The van der Waals surface area contributed by atoms with Gasteiger partial charge in [-0.1, -0.05) is 6.08 Å². The summed E-state index contributed by atoms with van der Waals surface area (Å²) >= 11 is 0. The van der Waals surface area contributed by atoms with Crippen molar-refractivity contribution in [3.05, 3.63) is 30.1 Å². The Morgan fingerprint density at radius 3 is 3.31 bits per heavy atom. The molecule has 1 aromatic heterocycles. The van der Waals surface area contributed by atoms with Crippen LogP contribution in [0.2, 0.25) is 0 Å². The van der Waals surface area contributed by atoms with Crippen LogP contribution in [0, 0.1) is 0 Å². The molecule has 1 aromatic rings. The number of fused-ring (bicyclic) bond motifs is 1. The minimum Gasteiger partial charge on any atom is -0.307 e. The van der Waals surface area contributed by atoms with Gasteiger partial charge in [-0.2, -0.15) is 5.10 Å². The van der Waals surface area contributed by atoms with Crippen LogP contribution in [0.5, 0.6) is 0 Å². The Morgan fingerprint density at radius 2 is 2.56 bits per heavy atom. The number of nitrogens with one attached hydrogen (secondary N) is 1. The van der Waals surface area contributed by atoms with Crippen molar-refractivity contribution in [2.75, 3.05) is 0 Å². The molecule has 1 heterocycles. The maximum absolute atomic E-state index is 4.36. The van der Waals surface area contributed by atoms with Crippen LogP contribution in [-0.2, 0) is 13.5 Å². The molecule has 1 N–H and O–H groups in total. The van der Waals surface area contributed by atoms with Gasteiger partial charge in [0, 0.05) is 30.4 Å². The molecule has 16 heavy (non-hydrogen) atoms. The van der Waals surface area contributed by atoms with E-state index in [-0.39, 0.29) is 0 Å². The molecule has 3 nitrogen and oxygen atoms in total. The molecule has 0 radical (unpaired) electrons. The summed E-state index contributed by atoms with van der Waals surface area (Å²) in [6, 6.07) is 0.973. The van der Waals surface area contributed by atoms with Gasteiger partial charge in [0.25, 0.3) is 0 Å². The molecule has 2 atom stereocenters. The summed E-state index contributed by atoms with van der Waals surface area (Å²) in [5, 5.41) is 8.02. The van der Waals surface area contributed by atoms with Gasteiger partial charge in [0.2, 0.25) is 0 Å². The molecule has 3 heteroatoms. The third-order valence-corrected chi connectivity index (χ3v) is 3.38. The van der Waals surface area contributed by atoms with Crippen molar-refractivity contribution in [2.24, 2.45) is 7.05 Å². The molecule has 0 saturated carbocycles. The fourth-order valence-corrected chi connectivity index (χ4v) is 2.54. The minimum absolute atomic E-state index is 0.479. The van der Waals surface area contributed by atoms with Gasteiger partial charge in [-0.25, -0.2) is 0 Å². The number of hydrogen-bond acceptors (Lipinski definition) is 2. The van der Waals surface area contributed by atoms with Gasteiger partial charge in [0.1, 0.15) is 0 Å². The number of rotatable bonds is 4. The zero-order valence-electron chi connectivity index (χ0n) is 10.2. The first kappa shape index (κ1) is 11.4. The first-order valence-corrected chi connectivity index (χ1v) is 6.10. The predicted octanol–water partition coefficient (Wildman–Crippen LogP) is 2.35. The largest absolute Gasteiger partial charge is 0.307 e. The zero-order valence-corrected chi connectivity index (χ0v) is 10.2. The van der Waals surface area contributed by atoms with Crippen LogP contribution in [0.25, 0.3) is 0 Å². The lowest BCUT2D eigenvalue weighted by atomic mass is 9.92. The standard InChI is InChI=1S/C13H21N3/c1-4-6-10(2)15-12-7-5-8-13-11(12)9-14-16(13)3/h4,9-10,12,15H,1,5-8H2,2-3H3. The van der Waals surface area contributed by atoms with E-state index in [1.54, 1.807) is 0 Å². The van der Waals surface area contributed by atoms with E-state index >= 15 is 0 Å². The Hall–Kier alpha value is -1.09. The van der Waals surface area contributed by atoms with E-state index < -0.39 is 0 Å². The van der Waals surface area contributed by atoms with E-state index in [2.05, 4.69) is 23.9 Å². The van der Waals surface area contributed by atoms with Crippen molar-refractivity contribution in [3.8, 4) is 0 Å². The van der Waals surface area contributed by atoms with Crippen molar-refractivity contribution >= 4 is 0 Å². The van der Waals surface area contributed by atoms with E-state index in [4.69, 9.17) is 0 Å². The second-order valence-corrected chi connectivity index (χ2v) is 4.71. The Balaban J connectivity index is 2.09. The summed E-state index contributed by atoms with van der Waals surface area (Å²) < 4.78 is 2.02. The molecule has 0 aromatic carbocycles. The van der Waals surface area contributed by atoms with Gasteiger partial charge in [0.05, 0.1) is 6.20 Å². The quantitative estimate of drug-likeness (QED) is 0.788. The predicted molar refractivity (Wildman–Crippen MR) is 66.3 cm³/mol. The van der Waals surface area contributed by atoms with Crippen molar-refractivity contribution in [1.82, 2.24) is 15.1 Å². The summed E-state index contributed by atoms with van der Waals surface area (Å²) in [5.41, 5.74) is 2.79. The topological polar surface area (TPSA) is 29.9 Å². The SMILES string of the molecule is C=CCC(C)NC1CCCc2c1cnn2C. The van der Waals surface area contributed by atoms with E-state index in [0.29, 0.717) is 12.1 Å². The van der Waals surface area contributed by atoms with Crippen LogP contribution in [0.4, 0.5) is 0 Å². The monoisotopic (exact) mass is 219 g/mol. The minimum atomic E-state index is 0.479. The summed E-state index contributed by atoms with van der Waals surface area (Å²) in [6.07, 6.45) is 8.66. The van der Waals surface area contributed by atoms with Crippen LogP contribution in [0.3, 0.4) is 0 Å². The first-order chi connectivity index (χ1) is 7.72. The summed E-state index contributed by atoms with van der Waals surface area (Å²) in [4.78, 5) is 0. The Bertz CT molecular complexity index is 367. The number of nitrogens with zero attached hydrogens (tertiary/aromatic N) is 2. The van der Waals surface area contributed by atoms with Crippen molar-refractivity contribution < 1.29 is 0 Å². The smallest absolute Gasteiger partial charge is 0.0540 e. The zero-order chi connectivity index (χ0) is 11.5. The molecule has 0 aliphatic heterocycles. The van der Waals surface area contributed by atoms with E-state index in [1.165, 1.54) is 30.5 Å². The highest BCUT2D eigenvalue weighted by Gasteiger charge is 2.23. The second kappa shape index (κ2) is 4.83. The lowest BCUT2D eigenvalue weighted by Gasteiger charge is -2.26.